The van der Waals surface area contributed by atoms with Gasteiger partial charge in [-0.05, 0) is 56.4 Å². The lowest BCUT2D eigenvalue weighted by Gasteiger charge is -2.39. The topological polar surface area (TPSA) is 139 Å². The van der Waals surface area contributed by atoms with E-state index in [1.54, 1.807) is 0 Å². The number of carbonyl (C=O) groups is 1. The summed E-state index contributed by atoms with van der Waals surface area (Å²) in [6.45, 7) is 6.77. The Labute approximate surface area is 192 Å². The highest BCUT2D eigenvalue weighted by Crippen LogP contribution is 2.38. The third kappa shape index (κ3) is 6.98. The first-order valence-electron chi connectivity index (χ1n) is 12.4. The van der Waals surface area contributed by atoms with Crippen LogP contribution in [0.2, 0.25) is 0 Å². The lowest BCUT2D eigenvalue weighted by molar-refractivity contribution is -0.129. The number of amides is 1. The van der Waals surface area contributed by atoms with Crippen LogP contribution in [0.25, 0.3) is 0 Å². The van der Waals surface area contributed by atoms with Crippen molar-refractivity contribution in [3.8, 4) is 6.07 Å². The second-order valence-corrected chi connectivity index (χ2v) is 10.4. The molecule has 1 aliphatic carbocycles. The number of carbonyl (C=O) groups excluding carboxylic acids is 1. The van der Waals surface area contributed by atoms with Gasteiger partial charge in [-0.3, -0.25) is 9.79 Å². The van der Waals surface area contributed by atoms with Crippen LogP contribution in [0, 0.1) is 34.5 Å². The molecule has 0 aromatic heterocycles. The predicted molar refractivity (Wildman–Crippen MR) is 126 cm³/mol. The summed E-state index contributed by atoms with van der Waals surface area (Å²) in [7, 11) is 0. The molecule has 2 heterocycles. The Balaban J connectivity index is 1.73. The predicted octanol–water partition coefficient (Wildman–Crippen LogP) is 1.69. The van der Waals surface area contributed by atoms with E-state index in [1.165, 1.54) is 12.8 Å². The molecule has 1 saturated heterocycles. The smallest absolute Gasteiger partial charge is 0.228 e. The summed E-state index contributed by atoms with van der Waals surface area (Å²) in [5.74, 6) is 0.0219. The molecule has 2 fully saturated rings. The van der Waals surface area contributed by atoms with Gasteiger partial charge >= 0.3 is 0 Å². The highest BCUT2D eigenvalue weighted by molar-refractivity contribution is 5.81. The molecule has 3 rings (SSSR count). The Morgan fingerprint density at radius 2 is 2.16 bits per heavy atom. The van der Waals surface area contributed by atoms with E-state index < -0.39 is 12.1 Å². The van der Waals surface area contributed by atoms with Crippen molar-refractivity contribution >= 4 is 12.1 Å². The Morgan fingerprint density at radius 3 is 2.81 bits per heavy atom. The summed E-state index contributed by atoms with van der Waals surface area (Å²) in [6.07, 6.45) is 8.55. The second kappa shape index (κ2) is 11.6. The number of aliphatic imine (C=N–C) groups is 1. The zero-order chi connectivity index (χ0) is 23.1. The minimum atomic E-state index is -0.811. The maximum Gasteiger partial charge on any atom is 0.228 e. The molecule has 1 saturated carbocycles. The van der Waals surface area contributed by atoms with Crippen molar-refractivity contribution in [1.29, 1.82) is 5.26 Å². The molecule has 0 aromatic rings. The largest absolute Gasteiger partial charge is 0.376 e. The molecule has 0 radical (unpaired) electrons. The van der Waals surface area contributed by atoms with E-state index in [9.17, 15) is 10.1 Å². The average Bonchev–Trinajstić information content (AvgIpc) is 3.58. The molecule has 180 valence electrons. The van der Waals surface area contributed by atoms with Gasteiger partial charge in [0.25, 0.3) is 0 Å². The minimum Gasteiger partial charge on any atom is -0.376 e. The Hall–Kier alpha value is -1.53. The molecule has 1 amide bonds. The number of hydrogen-bond acceptors (Lipinski definition) is 7. The lowest BCUT2D eigenvalue weighted by Crippen LogP contribution is -2.60. The summed E-state index contributed by atoms with van der Waals surface area (Å²) in [5.41, 5.74) is 12.4. The first-order valence-corrected chi connectivity index (χ1v) is 12.4. The summed E-state index contributed by atoms with van der Waals surface area (Å²) in [6, 6.07) is 1.86. The van der Waals surface area contributed by atoms with Gasteiger partial charge in [0.2, 0.25) is 5.91 Å². The molecule has 8 heteroatoms. The van der Waals surface area contributed by atoms with Crippen LogP contribution in [-0.4, -0.2) is 56.2 Å². The molecule has 0 bridgehead atoms. The molecule has 32 heavy (non-hydrogen) atoms. The summed E-state index contributed by atoms with van der Waals surface area (Å²) in [5, 5.41) is 15.7. The number of hydrogen-bond donors (Lipinski definition) is 4. The number of nitrogens with one attached hydrogen (secondary N) is 2. The van der Waals surface area contributed by atoms with Crippen LogP contribution in [0.3, 0.4) is 0 Å². The van der Waals surface area contributed by atoms with Crippen LogP contribution in [0.4, 0.5) is 0 Å². The van der Waals surface area contributed by atoms with Crippen LogP contribution < -0.4 is 22.1 Å². The average molecular weight is 447 g/mol. The van der Waals surface area contributed by atoms with Gasteiger partial charge in [-0.2, -0.15) is 5.26 Å². The highest BCUT2D eigenvalue weighted by Gasteiger charge is 2.40. The number of ether oxygens (including phenoxy) is 1. The number of rotatable bonds is 9. The van der Waals surface area contributed by atoms with Crippen LogP contribution in [0.5, 0.6) is 0 Å². The summed E-state index contributed by atoms with van der Waals surface area (Å²) < 4.78 is 6.16. The standard InChI is InChI=1S/C24H42N6O2/c1-3-24(2)9-6-16(7-10-25)13-29-18(12-24)21(22(26)27)23(31)30-19-14-28-11-8-20(19)32-15-17-4-5-17/h13,16-22,28H,3-9,11-12,14-15,26-27H2,1-2H3,(H,30,31)/b29-13-/t16?,18?,19?,20?,21?,24-/m1/s1. The van der Waals surface area contributed by atoms with Gasteiger partial charge < -0.3 is 26.8 Å². The Kier molecular flexibility index (Phi) is 9.06. The Bertz CT molecular complexity index is 688. The summed E-state index contributed by atoms with van der Waals surface area (Å²) >= 11 is 0. The molecule has 6 atom stereocenters. The van der Waals surface area contributed by atoms with E-state index >= 15 is 0 Å². The minimum absolute atomic E-state index is 0.0113. The zero-order valence-corrected chi connectivity index (χ0v) is 19.8. The van der Waals surface area contributed by atoms with E-state index in [0.717, 1.165) is 45.3 Å². The first-order chi connectivity index (χ1) is 15.3. The van der Waals surface area contributed by atoms with Crippen molar-refractivity contribution in [1.82, 2.24) is 10.6 Å². The van der Waals surface area contributed by atoms with Gasteiger partial charge in [0.15, 0.2) is 0 Å². The normalized spacial score (nSPS) is 35.4. The Morgan fingerprint density at radius 1 is 1.38 bits per heavy atom. The fourth-order valence-electron chi connectivity index (χ4n) is 4.92. The quantitative estimate of drug-likeness (QED) is 0.398. The zero-order valence-electron chi connectivity index (χ0n) is 19.8. The molecular formula is C24H42N6O2. The van der Waals surface area contributed by atoms with Crippen LogP contribution in [0.1, 0.15) is 65.2 Å². The third-order valence-corrected chi connectivity index (χ3v) is 7.64. The van der Waals surface area contributed by atoms with Crippen LogP contribution in [-0.2, 0) is 9.53 Å². The fourth-order valence-corrected chi connectivity index (χ4v) is 4.92. The maximum absolute atomic E-state index is 13.5. The molecule has 5 unspecified atom stereocenters. The molecule has 6 N–H and O–H groups in total. The van der Waals surface area contributed by atoms with E-state index in [0.29, 0.717) is 18.9 Å². The fraction of sp³-hybridized carbons (Fsp3) is 0.875. The van der Waals surface area contributed by atoms with Gasteiger partial charge in [0.1, 0.15) is 0 Å². The van der Waals surface area contributed by atoms with Gasteiger partial charge in [0, 0.05) is 31.7 Å². The number of piperidine rings is 1. The van der Waals surface area contributed by atoms with E-state index in [1.807, 2.05) is 6.21 Å². The van der Waals surface area contributed by atoms with Gasteiger partial charge in [0.05, 0.1) is 36.3 Å². The molecule has 3 aliphatic rings. The SMILES string of the molecule is CC[C@]1(C)CCC(CC#N)/C=N\C(C(C(=O)NC2CNCCC2OCC2CC2)C(N)N)C1. The van der Waals surface area contributed by atoms with Crippen molar-refractivity contribution in [2.45, 2.75) is 89.6 Å². The third-order valence-electron chi connectivity index (χ3n) is 7.64. The van der Waals surface area contributed by atoms with Crippen molar-refractivity contribution in [3.63, 3.8) is 0 Å². The second-order valence-electron chi connectivity index (χ2n) is 10.4. The van der Waals surface area contributed by atoms with E-state index in [2.05, 4.69) is 30.6 Å². The van der Waals surface area contributed by atoms with Gasteiger partial charge in [-0.25, -0.2) is 0 Å². The number of nitrogens with zero attached hydrogens (tertiary/aromatic N) is 2. The molecule has 2 aliphatic heterocycles. The molecule has 8 nitrogen and oxygen atoms in total. The van der Waals surface area contributed by atoms with Crippen LogP contribution >= 0.6 is 0 Å². The number of nitrogens with two attached hydrogens (primary N) is 2. The first kappa shape index (κ1) is 25.1. The van der Waals surface area contributed by atoms with Gasteiger partial charge in [-0.1, -0.05) is 20.3 Å². The number of nitriles is 1. The highest BCUT2D eigenvalue weighted by atomic mass is 16.5. The van der Waals surface area contributed by atoms with Gasteiger partial charge in [-0.15, -0.1) is 0 Å². The van der Waals surface area contributed by atoms with E-state index in [4.69, 9.17) is 21.2 Å². The maximum atomic E-state index is 13.5. The molecule has 0 spiro atoms. The van der Waals surface area contributed by atoms with Crippen molar-refractivity contribution in [3.05, 3.63) is 0 Å². The molecule has 0 aromatic carbocycles. The van der Waals surface area contributed by atoms with Crippen molar-refractivity contribution in [2.24, 2.45) is 39.6 Å². The monoisotopic (exact) mass is 446 g/mol. The van der Waals surface area contributed by atoms with E-state index in [-0.39, 0.29) is 35.4 Å². The molecular weight excluding hydrogens is 404 g/mol. The van der Waals surface area contributed by atoms with Crippen molar-refractivity contribution in [2.75, 3.05) is 19.7 Å². The lowest BCUT2D eigenvalue weighted by atomic mass is 9.72. The van der Waals surface area contributed by atoms with Crippen LogP contribution in [0.15, 0.2) is 4.99 Å². The van der Waals surface area contributed by atoms with Crippen molar-refractivity contribution < 1.29 is 9.53 Å². The summed E-state index contributed by atoms with van der Waals surface area (Å²) in [4.78, 5) is 18.3.